The number of anilines is 2. The maximum Gasteiger partial charge on any atom is 0.261 e. The number of benzene rings is 1. The number of nitrogens with one attached hydrogen (secondary N) is 3. The van der Waals surface area contributed by atoms with E-state index in [1.165, 1.54) is 0 Å². The Morgan fingerprint density at radius 1 is 1.06 bits per heavy atom. The van der Waals surface area contributed by atoms with Gasteiger partial charge in [-0.2, -0.15) is 0 Å². The van der Waals surface area contributed by atoms with Crippen LogP contribution in [-0.4, -0.2) is 50.6 Å². The monoisotopic (exact) mass is 436 g/mol. The number of fused-ring (bicyclic) bond motifs is 1. The topological polar surface area (TPSA) is 103 Å². The number of sulfonamides is 1. The minimum Gasteiger partial charge on any atom is -0.358 e. The number of aromatic nitrogens is 3. The van der Waals surface area contributed by atoms with Crippen molar-refractivity contribution < 1.29 is 8.42 Å². The summed E-state index contributed by atoms with van der Waals surface area (Å²) in [7, 11) is 0.164. The first-order valence-electron chi connectivity index (χ1n) is 9.86. The highest BCUT2D eigenvalue weighted by Crippen LogP contribution is 2.34. The number of H-pyrrole nitrogens is 1. The van der Waals surface area contributed by atoms with Crippen molar-refractivity contribution in [1.82, 2.24) is 20.3 Å². The number of rotatable bonds is 8. The van der Waals surface area contributed by atoms with Crippen LogP contribution in [0.1, 0.15) is 0 Å². The number of aromatic amines is 1. The molecule has 0 saturated heterocycles. The van der Waals surface area contributed by atoms with Crippen molar-refractivity contribution in [1.29, 1.82) is 0 Å². The Hall–Kier alpha value is -3.43. The third kappa shape index (κ3) is 4.37. The van der Waals surface area contributed by atoms with Crippen molar-refractivity contribution in [2.24, 2.45) is 0 Å². The maximum absolute atomic E-state index is 12.9. The molecule has 3 aromatic heterocycles. The lowest BCUT2D eigenvalue weighted by atomic mass is 10.1. The van der Waals surface area contributed by atoms with Gasteiger partial charge in [-0.1, -0.05) is 18.2 Å². The highest BCUT2D eigenvalue weighted by atomic mass is 32.2. The quantitative estimate of drug-likeness (QED) is 0.392. The van der Waals surface area contributed by atoms with Gasteiger partial charge < -0.3 is 15.2 Å². The molecule has 0 spiro atoms. The molecule has 0 atom stereocenters. The Labute approximate surface area is 181 Å². The van der Waals surface area contributed by atoms with Crippen LogP contribution in [0.15, 0.2) is 72.0 Å². The van der Waals surface area contributed by atoms with Crippen LogP contribution in [0, 0.1) is 0 Å². The molecule has 0 aliphatic heterocycles. The minimum atomic E-state index is -3.73. The van der Waals surface area contributed by atoms with Crippen molar-refractivity contribution in [3.05, 3.63) is 67.1 Å². The molecule has 0 unspecified atom stereocenters. The van der Waals surface area contributed by atoms with Crippen LogP contribution in [0.5, 0.6) is 0 Å². The lowest BCUT2D eigenvalue weighted by Crippen LogP contribution is -2.27. The summed E-state index contributed by atoms with van der Waals surface area (Å²) in [4.78, 5) is 14.2. The third-order valence-corrected chi connectivity index (χ3v) is 6.40. The number of hydrogen-bond acceptors (Lipinski definition) is 6. The van der Waals surface area contributed by atoms with Gasteiger partial charge in [0.05, 0.1) is 16.0 Å². The standard InChI is InChI=1S/C22H24N6O2S/c1-23-12-13-28(2)20-14-16(8-10-24-20)18-15-26-22-21(18)19(9-11-25-22)27-31(29,30)17-6-4-3-5-7-17/h3-11,14-15,23H,12-13H2,1-2H3,(H2,25,26,27). The summed E-state index contributed by atoms with van der Waals surface area (Å²) in [5.74, 6) is 0.831. The fourth-order valence-electron chi connectivity index (χ4n) is 3.36. The van der Waals surface area contributed by atoms with Gasteiger partial charge in [-0.3, -0.25) is 4.72 Å². The SMILES string of the molecule is CNCCN(C)c1cc(-c2c[nH]c3nccc(NS(=O)(=O)c4ccccc4)c23)ccn1. The molecule has 0 radical (unpaired) electrons. The number of pyridine rings is 2. The van der Waals surface area contributed by atoms with Crippen molar-refractivity contribution in [2.75, 3.05) is 36.8 Å². The van der Waals surface area contributed by atoms with Crippen LogP contribution in [0.25, 0.3) is 22.2 Å². The molecule has 8 nitrogen and oxygen atoms in total. The van der Waals surface area contributed by atoms with Crippen molar-refractivity contribution in [3.63, 3.8) is 0 Å². The maximum atomic E-state index is 12.9. The molecule has 0 amide bonds. The summed E-state index contributed by atoms with van der Waals surface area (Å²) in [6.07, 6.45) is 5.17. The van der Waals surface area contributed by atoms with Gasteiger partial charge in [-0.25, -0.2) is 18.4 Å². The van der Waals surface area contributed by atoms with Crippen molar-refractivity contribution in [3.8, 4) is 11.1 Å². The fraction of sp³-hybridized carbons (Fsp3) is 0.182. The molecular formula is C22H24N6O2S. The Balaban J connectivity index is 1.75. The summed E-state index contributed by atoms with van der Waals surface area (Å²) in [5.41, 5.74) is 2.83. The predicted molar refractivity (Wildman–Crippen MR) is 124 cm³/mol. The molecule has 0 aliphatic rings. The van der Waals surface area contributed by atoms with E-state index >= 15 is 0 Å². The van der Waals surface area contributed by atoms with Gasteiger partial charge in [-0.05, 0) is 42.9 Å². The van der Waals surface area contributed by atoms with E-state index in [2.05, 4.69) is 29.9 Å². The van der Waals surface area contributed by atoms with E-state index in [1.807, 2.05) is 32.4 Å². The molecule has 3 heterocycles. The normalized spacial score (nSPS) is 11.5. The molecule has 4 aromatic rings. The van der Waals surface area contributed by atoms with E-state index in [0.29, 0.717) is 16.7 Å². The van der Waals surface area contributed by atoms with Crippen LogP contribution in [0.3, 0.4) is 0 Å². The first kappa shape index (κ1) is 20.8. The molecule has 160 valence electrons. The molecule has 0 fully saturated rings. The molecule has 3 N–H and O–H groups in total. The van der Waals surface area contributed by atoms with Gasteiger partial charge >= 0.3 is 0 Å². The Bertz CT molecular complexity index is 1290. The summed E-state index contributed by atoms with van der Waals surface area (Å²) in [6, 6.07) is 13.9. The zero-order valence-corrected chi connectivity index (χ0v) is 18.1. The molecule has 1 aromatic carbocycles. The predicted octanol–water partition coefficient (Wildman–Crippen LogP) is 3.08. The first-order valence-corrected chi connectivity index (χ1v) is 11.3. The van der Waals surface area contributed by atoms with Crippen LogP contribution in [-0.2, 0) is 10.0 Å². The second-order valence-electron chi connectivity index (χ2n) is 7.13. The minimum absolute atomic E-state index is 0.203. The van der Waals surface area contributed by atoms with Gasteiger partial charge in [-0.15, -0.1) is 0 Å². The van der Waals surface area contributed by atoms with Crippen LogP contribution in [0.2, 0.25) is 0 Å². The van der Waals surface area contributed by atoms with Crippen molar-refractivity contribution in [2.45, 2.75) is 4.90 Å². The molecular weight excluding hydrogens is 412 g/mol. The molecule has 0 aliphatic carbocycles. The van der Waals surface area contributed by atoms with Crippen LogP contribution in [0.4, 0.5) is 11.5 Å². The van der Waals surface area contributed by atoms with E-state index in [9.17, 15) is 8.42 Å². The summed E-state index contributed by atoms with van der Waals surface area (Å²) >= 11 is 0. The van der Waals surface area contributed by atoms with Gasteiger partial charge in [0, 0.05) is 44.3 Å². The van der Waals surface area contributed by atoms with E-state index in [0.717, 1.165) is 30.0 Å². The van der Waals surface area contributed by atoms with E-state index in [4.69, 9.17) is 0 Å². The van der Waals surface area contributed by atoms with Gasteiger partial charge in [0.15, 0.2) is 0 Å². The first-order chi connectivity index (χ1) is 15.0. The lowest BCUT2D eigenvalue weighted by Gasteiger charge is -2.18. The highest BCUT2D eigenvalue weighted by molar-refractivity contribution is 7.92. The van der Waals surface area contributed by atoms with Crippen molar-refractivity contribution >= 4 is 32.6 Å². The fourth-order valence-corrected chi connectivity index (χ4v) is 4.45. The summed E-state index contributed by atoms with van der Waals surface area (Å²) in [5, 5.41) is 3.84. The second-order valence-corrected chi connectivity index (χ2v) is 8.81. The second kappa shape index (κ2) is 8.75. The average molecular weight is 437 g/mol. The molecule has 0 saturated carbocycles. The molecule has 31 heavy (non-hydrogen) atoms. The van der Waals surface area contributed by atoms with E-state index < -0.39 is 10.0 Å². The largest absolute Gasteiger partial charge is 0.358 e. The Morgan fingerprint density at radius 2 is 1.84 bits per heavy atom. The average Bonchev–Trinajstić information content (AvgIpc) is 3.23. The Kier molecular flexibility index (Phi) is 5.88. The molecule has 9 heteroatoms. The summed E-state index contributed by atoms with van der Waals surface area (Å²) in [6.45, 7) is 1.65. The zero-order valence-electron chi connectivity index (χ0n) is 17.3. The summed E-state index contributed by atoms with van der Waals surface area (Å²) < 4.78 is 28.5. The van der Waals surface area contributed by atoms with Crippen LogP contribution >= 0.6 is 0 Å². The zero-order chi connectivity index (χ0) is 21.8. The number of nitrogens with zero attached hydrogens (tertiary/aromatic N) is 3. The van der Waals surface area contributed by atoms with Crippen LogP contribution < -0.4 is 14.9 Å². The van der Waals surface area contributed by atoms with E-state index in [-0.39, 0.29) is 4.90 Å². The smallest absolute Gasteiger partial charge is 0.261 e. The number of likely N-dealkylation sites (N-methyl/N-ethyl adjacent to an activating group) is 2. The Morgan fingerprint density at radius 3 is 2.61 bits per heavy atom. The third-order valence-electron chi connectivity index (χ3n) is 5.02. The lowest BCUT2D eigenvalue weighted by molar-refractivity contribution is 0.601. The van der Waals surface area contributed by atoms with Gasteiger partial charge in [0.25, 0.3) is 10.0 Å². The molecule has 4 rings (SSSR count). The number of hydrogen-bond donors (Lipinski definition) is 3. The highest BCUT2D eigenvalue weighted by Gasteiger charge is 2.18. The van der Waals surface area contributed by atoms with Gasteiger partial charge in [0.1, 0.15) is 11.5 Å². The van der Waals surface area contributed by atoms with E-state index in [1.54, 1.807) is 48.8 Å². The van der Waals surface area contributed by atoms with Gasteiger partial charge in [0.2, 0.25) is 0 Å². The molecule has 0 bridgehead atoms.